The van der Waals surface area contributed by atoms with E-state index in [1.54, 1.807) is 6.20 Å². The van der Waals surface area contributed by atoms with Gasteiger partial charge in [0.2, 0.25) is 0 Å². The van der Waals surface area contributed by atoms with Crippen LogP contribution in [0, 0.1) is 5.92 Å². The molecule has 1 amide bonds. The monoisotopic (exact) mass is 274 g/mol. The topological polar surface area (TPSA) is 65.1 Å². The van der Waals surface area contributed by atoms with Crippen molar-refractivity contribution in [3.8, 4) is 0 Å². The van der Waals surface area contributed by atoms with Crippen LogP contribution < -0.4 is 5.32 Å². The number of benzene rings is 1. The highest BCUT2D eigenvalue weighted by Gasteiger charge is 2.17. The first kappa shape index (κ1) is 14.6. The maximum atomic E-state index is 12.2. The number of aromatic amines is 1. The lowest BCUT2D eigenvalue weighted by atomic mass is 9.96. The summed E-state index contributed by atoms with van der Waals surface area (Å²) >= 11 is 0. The number of fused-ring (bicyclic) bond motifs is 1. The van der Waals surface area contributed by atoms with Gasteiger partial charge in [-0.15, -0.1) is 0 Å². The number of carbonyl (C=O) groups is 1. The lowest BCUT2D eigenvalue weighted by molar-refractivity contribution is 0.0818. The molecule has 20 heavy (non-hydrogen) atoms. The van der Waals surface area contributed by atoms with E-state index in [0.29, 0.717) is 12.1 Å². The molecule has 0 aliphatic heterocycles. The average molecular weight is 274 g/mol. The lowest BCUT2D eigenvalue weighted by Gasteiger charge is -2.20. The van der Waals surface area contributed by atoms with Crippen LogP contribution in [0.5, 0.6) is 0 Å². The van der Waals surface area contributed by atoms with Crippen LogP contribution in [-0.4, -0.2) is 28.6 Å². The molecule has 1 heterocycles. The zero-order chi connectivity index (χ0) is 14.5. The Labute approximate surface area is 119 Å². The van der Waals surface area contributed by atoms with Gasteiger partial charge >= 0.3 is 0 Å². The fourth-order valence-electron chi connectivity index (χ4n) is 2.55. The molecular weight excluding hydrogens is 252 g/mol. The Morgan fingerprint density at radius 3 is 2.70 bits per heavy atom. The van der Waals surface area contributed by atoms with Gasteiger partial charge in [0.1, 0.15) is 0 Å². The molecular formula is C16H22N2O2. The van der Waals surface area contributed by atoms with E-state index in [4.69, 9.17) is 0 Å². The SMILES string of the molecule is CCC(CC)C(O)CNC(=O)c1c[nH]c2ccccc12. The Hall–Kier alpha value is -1.81. The largest absolute Gasteiger partial charge is 0.391 e. The van der Waals surface area contributed by atoms with Gasteiger partial charge in [-0.25, -0.2) is 0 Å². The van der Waals surface area contributed by atoms with Crippen LogP contribution in [0.15, 0.2) is 30.5 Å². The van der Waals surface area contributed by atoms with Crippen LogP contribution in [0.25, 0.3) is 10.9 Å². The number of rotatable bonds is 6. The van der Waals surface area contributed by atoms with Crippen molar-refractivity contribution in [2.45, 2.75) is 32.8 Å². The highest BCUT2D eigenvalue weighted by molar-refractivity contribution is 6.06. The minimum Gasteiger partial charge on any atom is -0.391 e. The summed E-state index contributed by atoms with van der Waals surface area (Å²) in [5, 5.41) is 13.8. The van der Waals surface area contributed by atoms with Gasteiger partial charge in [0, 0.05) is 23.6 Å². The van der Waals surface area contributed by atoms with Gasteiger partial charge in [0.25, 0.3) is 5.91 Å². The highest BCUT2D eigenvalue weighted by atomic mass is 16.3. The summed E-state index contributed by atoms with van der Waals surface area (Å²) in [7, 11) is 0. The Balaban J connectivity index is 2.02. The molecule has 1 aromatic carbocycles. The first-order valence-corrected chi connectivity index (χ1v) is 7.19. The lowest BCUT2D eigenvalue weighted by Crippen LogP contribution is -2.36. The van der Waals surface area contributed by atoms with E-state index in [9.17, 15) is 9.90 Å². The minimum absolute atomic E-state index is 0.146. The molecule has 2 aromatic rings. The Kier molecular flexibility index (Phi) is 4.79. The van der Waals surface area contributed by atoms with Crippen molar-refractivity contribution in [2.24, 2.45) is 5.92 Å². The quantitative estimate of drug-likeness (QED) is 0.758. The van der Waals surface area contributed by atoms with Crippen LogP contribution in [0.3, 0.4) is 0 Å². The highest BCUT2D eigenvalue weighted by Crippen LogP contribution is 2.18. The van der Waals surface area contributed by atoms with Gasteiger partial charge in [-0.1, -0.05) is 44.9 Å². The molecule has 4 heteroatoms. The third-order valence-electron chi connectivity index (χ3n) is 3.90. The van der Waals surface area contributed by atoms with Crippen molar-refractivity contribution >= 4 is 16.8 Å². The van der Waals surface area contributed by atoms with Crippen molar-refractivity contribution in [2.75, 3.05) is 6.54 Å². The normalized spacial score (nSPS) is 12.8. The molecule has 0 spiro atoms. The maximum Gasteiger partial charge on any atom is 0.253 e. The van der Waals surface area contributed by atoms with Crippen LogP contribution in [0.4, 0.5) is 0 Å². The van der Waals surface area contributed by atoms with E-state index < -0.39 is 6.10 Å². The summed E-state index contributed by atoms with van der Waals surface area (Å²) in [6.45, 7) is 4.41. The second kappa shape index (κ2) is 6.57. The molecule has 1 atom stereocenters. The molecule has 0 bridgehead atoms. The molecule has 108 valence electrons. The molecule has 3 N–H and O–H groups in total. The molecule has 0 saturated heterocycles. The summed E-state index contributed by atoms with van der Waals surface area (Å²) in [4.78, 5) is 15.3. The van der Waals surface area contributed by atoms with E-state index in [2.05, 4.69) is 24.1 Å². The Bertz CT molecular complexity index is 573. The summed E-state index contributed by atoms with van der Waals surface area (Å²) in [6.07, 6.45) is 3.06. The zero-order valence-electron chi connectivity index (χ0n) is 12.0. The number of para-hydroxylation sites is 1. The first-order chi connectivity index (χ1) is 9.67. The van der Waals surface area contributed by atoms with Crippen LogP contribution >= 0.6 is 0 Å². The number of carbonyl (C=O) groups excluding carboxylic acids is 1. The Morgan fingerprint density at radius 1 is 1.30 bits per heavy atom. The van der Waals surface area contributed by atoms with Crippen LogP contribution in [-0.2, 0) is 0 Å². The maximum absolute atomic E-state index is 12.2. The van der Waals surface area contributed by atoms with Gasteiger partial charge < -0.3 is 15.4 Å². The number of aromatic nitrogens is 1. The molecule has 0 saturated carbocycles. The van der Waals surface area contributed by atoms with Crippen molar-refractivity contribution in [1.29, 1.82) is 0 Å². The second-order valence-corrected chi connectivity index (χ2v) is 5.10. The van der Waals surface area contributed by atoms with Gasteiger partial charge in [-0.2, -0.15) is 0 Å². The molecule has 0 aliphatic rings. The minimum atomic E-state index is -0.487. The molecule has 4 nitrogen and oxygen atoms in total. The predicted molar refractivity (Wildman–Crippen MR) is 80.7 cm³/mol. The van der Waals surface area contributed by atoms with Crippen LogP contribution in [0.2, 0.25) is 0 Å². The predicted octanol–water partition coefficient (Wildman–Crippen LogP) is 2.69. The fraction of sp³-hybridized carbons (Fsp3) is 0.438. The Morgan fingerprint density at radius 2 is 2.00 bits per heavy atom. The van der Waals surface area contributed by atoms with Crippen molar-refractivity contribution in [3.05, 3.63) is 36.0 Å². The van der Waals surface area contributed by atoms with Gasteiger partial charge in [0.05, 0.1) is 11.7 Å². The summed E-state index contributed by atoms with van der Waals surface area (Å²) < 4.78 is 0. The standard InChI is InChI=1S/C16H22N2O2/c1-3-11(4-2)15(19)10-18-16(20)13-9-17-14-8-6-5-7-12(13)14/h5-9,11,15,17,19H,3-4,10H2,1-2H3,(H,18,20). The van der Waals surface area contributed by atoms with E-state index in [0.717, 1.165) is 23.7 Å². The van der Waals surface area contributed by atoms with Crippen molar-refractivity contribution in [1.82, 2.24) is 10.3 Å². The zero-order valence-corrected chi connectivity index (χ0v) is 12.0. The second-order valence-electron chi connectivity index (χ2n) is 5.10. The molecule has 0 aliphatic carbocycles. The number of nitrogens with one attached hydrogen (secondary N) is 2. The smallest absolute Gasteiger partial charge is 0.253 e. The third kappa shape index (κ3) is 3.02. The molecule has 0 radical (unpaired) electrons. The number of aliphatic hydroxyl groups is 1. The van der Waals surface area contributed by atoms with E-state index in [1.807, 2.05) is 24.3 Å². The first-order valence-electron chi connectivity index (χ1n) is 7.19. The van der Waals surface area contributed by atoms with E-state index in [-0.39, 0.29) is 11.8 Å². The molecule has 1 aromatic heterocycles. The number of hydrogen-bond acceptors (Lipinski definition) is 2. The third-order valence-corrected chi connectivity index (χ3v) is 3.90. The van der Waals surface area contributed by atoms with E-state index >= 15 is 0 Å². The molecule has 2 rings (SSSR count). The van der Waals surface area contributed by atoms with Crippen molar-refractivity contribution < 1.29 is 9.90 Å². The number of aliphatic hydroxyl groups excluding tert-OH is 1. The molecule has 1 unspecified atom stereocenters. The van der Waals surface area contributed by atoms with Gasteiger partial charge in [-0.3, -0.25) is 4.79 Å². The number of hydrogen-bond donors (Lipinski definition) is 3. The number of amides is 1. The average Bonchev–Trinajstić information content (AvgIpc) is 2.90. The molecule has 0 fully saturated rings. The summed E-state index contributed by atoms with van der Waals surface area (Å²) in [6, 6.07) is 7.69. The fourth-order valence-corrected chi connectivity index (χ4v) is 2.55. The summed E-state index contributed by atoms with van der Waals surface area (Å²) in [5.41, 5.74) is 1.57. The van der Waals surface area contributed by atoms with Gasteiger partial charge in [-0.05, 0) is 12.0 Å². The summed E-state index contributed by atoms with van der Waals surface area (Å²) in [5.74, 6) is 0.0886. The van der Waals surface area contributed by atoms with Crippen LogP contribution in [0.1, 0.15) is 37.0 Å². The van der Waals surface area contributed by atoms with Crippen molar-refractivity contribution in [3.63, 3.8) is 0 Å². The van der Waals surface area contributed by atoms with Gasteiger partial charge in [0.15, 0.2) is 0 Å². The van der Waals surface area contributed by atoms with E-state index in [1.165, 1.54) is 0 Å². The number of H-pyrrole nitrogens is 1.